The molecule has 0 heterocycles. The zero-order valence-electron chi connectivity index (χ0n) is 13.9. The number of nitrogens with two attached hydrogens (primary N) is 1. The van der Waals surface area contributed by atoms with Crippen LogP contribution in [-0.2, 0) is 4.79 Å². The Morgan fingerprint density at radius 1 is 1.13 bits per heavy atom. The van der Waals surface area contributed by atoms with Crippen molar-refractivity contribution < 1.29 is 9.53 Å². The molecule has 0 spiro atoms. The van der Waals surface area contributed by atoms with Gasteiger partial charge in [-0.05, 0) is 50.1 Å². The van der Waals surface area contributed by atoms with Crippen molar-refractivity contribution in [3.8, 4) is 5.75 Å². The quantitative estimate of drug-likeness (QED) is 0.852. The SMILES string of the molecule is CCC(C)Oc1ccc(NC(=O)C(N)c2ccc(C)cc2)cc1. The Labute approximate surface area is 137 Å². The first-order valence-electron chi connectivity index (χ1n) is 7.89. The number of hydrogen-bond donors (Lipinski definition) is 2. The highest BCUT2D eigenvalue weighted by molar-refractivity contribution is 5.95. The number of amides is 1. The highest BCUT2D eigenvalue weighted by atomic mass is 16.5. The molecule has 0 saturated carbocycles. The van der Waals surface area contributed by atoms with Crippen LogP contribution in [0.15, 0.2) is 48.5 Å². The third kappa shape index (κ3) is 4.83. The summed E-state index contributed by atoms with van der Waals surface area (Å²) in [6, 6.07) is 14.3. The minimum Gasteiger partial charge on any atom is -0.491 e. The summed E-state index contributed by atoms with van der Waals surface area (Å²) in [7, 11) is 0. The number of benzene rings is 2. The molecule has 4 nitrogen and oxygen atoms in total. The van der Waals surface area contributed by atoms with Crippen LogP contribution >= 0.6 is 0 Å². The van der Waals surface area contributed by atoms with Crippen molar-refractivity contribution in [2.75, 3.05) is 5.32 Å². The van der Waals surface area contributed by atoms with Gasteiger partial charge < -0.3 is 15.8 Å². The van der Waals surface area contributed by atoms with Crippen LogP contribution in [0.3, 0.4) is 0 Å². The Bertz CT molecular complexity index is 635. The fourth-order valence-corrected chi connectivity index (χ4v) is 2.08. The molecule has 4 heteroatoms. The van der Waals surface area contributed by atoms with E-state index in [4.69, 9.17) is 10.5 Å². The predicted molar refractivity (Wildman–Crippen MR) is 93.6 cm³/mol. The summed E-state index contributed by atoms with van der Waals surface area (Å²) >= 11 is 0. The standard InChI is InChI=1S/C19H24N2O2/c1-4-14(3)23-17-11-9-16(10-12-17)21-19(22)18(20)15-7-5-13(2)6-8-15/h5-12,14,18H,4,20H2,1-3H3,(H,21,22). The lowest BCUT2D eigenvalue weighted by atomic mass is 10.1. The highest BCUT2D eigenvalue weighted by Crippen LogP contribution is 2.19. The monoisotopic (exact) mass is 312 g/mol. The molecule has 0 aromatic heterocycles. The van der Waals surface area contributed by atoms with Crippen molar-refractivity contribution in [3.63, 3.8) is 0 Å². The van der Waals surface area contributed by atoms with Gasteiger partial charge in [-0.2, -0.15) is 0 Å². The van der Waals surface area contributed by atoms with Gasteiger partial charge in [0.05, 0.1) is 6.10 Å². The van der Waals surface area contributed by atoms with Crippen molar-refractivity contribution in [1.29, 1.82) is 0 Å². The summed E-state index contributed by atoms with van der Waals surface area (Å²) in [6.45, 7) is 6.10. The maximum atomic E-state index is 12.2. The second kappa shape index (κ2) is 7.79. The topological polar surface area (TPSA) is 64.3 Å². The van der Waals surface area contributed by atoms with Crippen LogP contribution in [0.25, 0.3) is 0 Å². The van der Waals surface area contributed by atoms with E-state index < -0.39 is 6.04 Å². The molecule has 0 fully saturated rings. The molecule has 0 aliphatic carbocycles. The van der Waals surface area contributed by atoms with E-state index in [1.165, 1.54) is 0 Å². The molecule has 0 radical (unpaired) electrons. The normalized spacial score (nSPS) is 13.2. The lowest BCUT2D eigenvalue weighted by Gasteiger charge is -2.15. The lowest BCUT2D eigenvalue weighted by Crippen LogP contribution is -2.27. The van der Waals surface area contributed by atoms with Crippen molar-refractivity contribution in [2.24, 2.45) is 5.73 Å². The summed E-state index contributed by atoms with van der Waals surface area (Å²) in [5.41, 5.74) is 8.65. The van der Waals surface area contributed by atoms with Gasteiger partial charge in [0.25, 0.3) is 0 Å². The number of carbonyl (C=O) groups is 1. The Hall–Kier alpha value is -2.33. The summed E-state index contributed by atoms with van der Waals surface area (Å²) in [4.78, 5) is 12.2. The minimum atomic E-state index is -0.688. The van der Waals surface area contributed by atoms with E-state index in [1.54, 1.807) is 0 Å². The molecule has 122 valence electrons. The second-order valence-corrected chi connectivity index (χ2v) is 5.74. The Morgan fingerprint density at radius 2 is 1.74 bits per heavy atom. The van der Waals surface area contributed by atoms with Gasteiger partial charge in [-0.25, -0.2) is 0 Å². The number of aryl methyl sites for hydroxylation is 1. The van der Waals surface area contributed by atoms with Gasteiger partial charge in [-0.3, -0.25) is 4.79 Å². The molecular weight excluding hydrogens is 288 g/mol. The van der Waals surface area contributed by atoms with Crippen LogP contribution in [0.5, 0.6) is 5.75 Å². The number of hydrogen-bond acceptors (Lipinski definition) is 3. The maximum Gasteiger partial charge on any atom is 0.245 e. The third-order valence-electron chi connectivity index (χ3n) is 3.75. The number of nitrogens with one attached hydrogen (secondary N) is 1. The van der Waals surface area contributed by atoms with Gasteiger partial charge in [0, 0.05) is 5.69 Å². The van der Waals surface area contributed by atoms with Crippen LogP contribution in [0.1, 0.15) is 37.4 Å². The molecule has 1 amide bonds. The number of anilines is 1. The average Bonchev–Trinajstić information content (AvgIpc) is 2.56. The highest BCUT2D eigenvalue weighted by Gasteiger charge is 2.15. The van der Waals surface area contributed by atoms with Gasteiger partial charge in [0.2, 0.25) is 5.91 Å². The third-order valence-corrected chi connectivity index (χ3v) is 3.75. The van der Waals surface area contributed by atoms with Crippen LogP contribution < -0.4 is 15.8 Å². The molecule has 2 atom stereocenters. The minimum absolute atomic E-state index is 0.172. The fraction of sp³-hybridized carbons (Fsp3) is 0.316. The molecule has 2 rings (SSSR count). The second-order valence-electron chi connectivity index (χ2n) is 5.74. The van der Waals surface area contributed by atoms with Gasteiger partial charge >= 0.3 is 0 Å². The largest absolute Gasteiger partial charge is 0.491 e. The Kier molecular flexibility index (Phi) is 5.77. The van der Waals surface area contributed by atoms with Crippen LogP contribution in [0, 0.1) is 6.92 Å². The molecule has 0 saturated heterocycles. The Balaban J connectivity index is 1.98. The van der Waals surface area contributed by atoms with Gasteiger partial charge in [-0.15, -0.1) is 0 Å². The molecule has 23 heavy (non-hydrogen) atoms. The maximum absolute atomic E-state index is 12.2. The molecular formula is C19H24N2O2. The summed E-state index contributed by atoms with van der Waals surface area (Å²) < 4.78 is 5.71. The van der Waals surface area contributed by atoms with Crippen LogP contribution in [-0.4, -0.2) is 12.0 Å². The van der Waals surface area contributed by atoms with E-state index >= 15 is 0 Å². The average molecular weight is 312 g/mol. The summed E-state index contributed by atoms with van der Waals surface area (Å²) in [6.07, 6.45) is 1.12. The van der Waals surface area contributed by atoms with Crippen LogP contribution in [0.4, 0.5) is 5.69 Å². The van der Waals surface area contributed by atoms with Crippen molar-refractivity contribution in [2.45, 2.75) is 39.3 Å². The van der Waals surface area contributed by atoms with E-state index in [2.05, 4.69) is 12.2 Å². The molecule has 0 aliphatic heterocycles. The Morgan fingerprint density at radius 3 is 2.30 bits per heavy atom. The van der Waals surface area contributed by atoms with E-state index in [9.17, 15) is 4.79 Å². The van der Waals surface area contributed by atoms with Crippen LogP contribution in [0.2, 0.25) is 0 Å². The fourth-order valence-electron chi connectivity index (χ4n) is 2.08. The van der Waals surface area contributed by atoms with E-state index in [-0.39, 0.29) is 12.0 Å². The van der Waals surface area contributed by atoms with E-state index in [1.807, 2.05) is 62.4 Å². The first-order valence-corrected chi connectivity index (χ1v) is 7.89. The molecule has 3 N–H and O–H groups in total. The van der Waals surface area contributed by atoms with Crippen molar-refractivity contribution >= 4 is 11.6 Å². The first kappa shape index (κ1) is 17.0. The zero-order valence-corrected chi connectivity index (χ0v) is 13.9. The summed E-state index contributed by atoms with van der Waals surface area (Å²) in [5.74, 6) is 0.560. The molecule has 2 unspecified atom stereocenters. The zero-order chi connectivity index (χ0) is 16.8. The molecule has 0 aliphatic rings. The summed E-state index contributed by atoms with van der Waals surface area (Å²) in [5, 5.41) is 2.83. The van der Waals surface area contributed by atoms with Gasteiger partial charge in [0.1, 0.15) is 11.8 Å². The lowest BCUT2D eigenvalue weighted by molar-refractivity contribution is -0.117. The van der Waals surface area contributed by atoms with Gasteiger partial charge in [-0.1, -0.05) is 36.8 Å². The van der Waals surface area contributed by atoms with E-state index in [0.717, 1.165) is 23.3 Å². The number of rotatable bonds is 6. The molecule has 2 aromatic carbocycles. The van der Waals surface area contributed by atoms with E-state index in [0.29, 0.717) is 5.69 Å². The smallest absolute Gasteiger partial charge is 0.245 e. The number of ether oxygens (including phenoxy) is 1. The number of carbonyl (C=O) groups excluding carboxylic acids is 1. The molecule has 0 bridgehead atoms. The van der Waals surface area contributed by atoms with Crippen molar-refractivity contribution in [3.05, 3.63) is 59.7 Å². The molecule has 2 aromatic rings. The van der Waals surface area contributed by atoms with Gasteiger partial charge in [0.15, 0.2) is 0 Å². The first-order chi connectivity index (χ1) is 11.0. The predicted octanol–water partition coefficient (Wildman–Crippen LogP) is 3.81. The van der Waals surface area contributed by atoms with Crippen molar-refractivity contribution in [1.82, 2.24) is 0 Å².